The lowest BCUT2D eigenvalue weighted by Gasteiger charge is -2.61. The van der Waals surface area contributed by atoms with Crippen molar-refractivity contribution in [2.45, 2.75) is 97.5 Å². The van der Waals surface area contributed by atoms with Crippen LogP contribution in [0.3, 0.4) is 0 Å². The van der Waals surface area contributed by atoms with E-state index < -0.39 is 5.97 Å². The van der Waals surface area contributed by atoms with Crippen LogP contribution in [-0.2, 0) is 4.79 Å². The molecule has 2 N–H and O–H groups in total. The molecule has 0 aromatic rings. The van der Waals surface area contributed by atoms with Crippen LogP contribution in [0.2, 0.25) is 0 Å². The number of carboxylic acid groups (broad SMARTS) is 1. The Morgan fingerprint density at radius 2 is 1.70 bits per heavy atom. The van der Waals surface area contributed by atoms with Gasteiger partial charge in [-0.1, -0.05) is 20.8 Å². The molecule has 4 aliphatic carbocycles. The van der Waals surface area contributed by atoms with Crippen molar-refractivity contribution < 1.29 is 15.0 Å². The van der Waals surface area contributed by atoms with Crippen LogP contribution in [0, 0.1) is 46.3 Å². The van der Waals surface area contributed by atoms with Gasteiger partial charge in [-0.25, -0.2) is 0 Å². The Bertz CT molecular complexity index is 574. The van der Waals surface area contributed by atoms with Crippen molar-refractivity contribution in [1.29, 1.82) is 0 Å². The largest absolute Gasteiger partial charge is 0.481 e. The predicted molar refractivity (Wildman–Crippen MR) is 107 cm³/mol. The third kappa shape index (κ3) is 3.16. The van der Waals surface area contributed by atoms with Crippen molar-refractivity contribution in [3.63, 3.8) is 0 Å². The number of carbonyl (C=O) groups is 1. The summed E-state index contributed by atoms with van der Waals surface area (Å²) in [4.78, 5) is 11.0. The van der Waals surface area contributed by atoms with E-state index in [9.17, 15) is 9.90 Å². The Balaban J connectivity index is 1.51. The van der Waals surface area contributed by atoms with Crippen LogP contribution in [0.4, 0.5) is 0 Å². The van der Waals surface area contributed by atoms with Gasteiger partial charge in [-0.15, -0.1) is 0 Å². The second-order valence-electron chi connectivity index (χ2n) is 11.2. The first-order valence-corrected chi connectivity index (χ1v) is 11.7. The highest BCUT2D eigenvalue weighted by atomic mass is 16.4. The summed E-state index contributed by atoms with van der Waals surface area (Å²) in [6.45, 7) is 7.43. The maximum absolute atomic E-state index is 11.0. The molecule has 0 bridgehead atoms. The second kappa shape index (κ2) is 7.04. The zero-order valence-corrected chi connectivity index (χ0v) is 17.6. The molecule has 4 fully saturated rings. The van der Waals surface area contributed by atoms with Gasteiger partial charge in [0.1, 0.15) is 0 Å². The van der Waals surface area contributed by atoms with E-state index in [1.54, 1.807) is 0 Å². The highest BCUT2D eigenvalue weighted by Gasteiger charge is 2.60. The van der Waals surface area contributed by atoms with Gasteiger partial charge >= 0.3 is 5.97 Å². The van der Waals surface area contributed by atoms with Gasteiger partial charge in [-0.05, 0) is 111 Å². The molecule has 0 spiro atoms. The average Bonchev–Trinajstić information content (AvgIpc) is 2.97. The molecule has 27 heavy (non-hydrogen) atoms. The maximum Gasteiger partial charge on any atom is 0.303 e. The quantitative estimate of drug-likeness (QED) is 0.680. The number of aliphatic carboxylic acids is 1. The molecular formula is C24H40O3. The van der Waals surface area contributed by atoms with Crippen LogP contribution in [0.1, 0.15) is 91.4 Å². The zero-order valence-electron chi connectivity index (χ0n) is 17.6. The SMILES string of the molecule is CC(CCC(=O)O)C1CC[C@H]2C3CC[C@@H]4C[C@H](O)CC[C@]4(C)C3CC[C@]12C. The topological polar surface area (TPSA) is 57.5 Å². The van der Waals surface area contributed by atoms with E-state index >= 15 is 0 Å². The van der Waals surface area contributed by atoms with Crippen LogP contribution < -0.4 is 0 Å². The molecule has 0 heterocycles. The third-order valence-electron chi connectivity index (χ3n) is 10.2. The fraction of sp³-hybridized carbons (Fsp3) is 0.958. The van der Waals surface area contributed by atoms with Gasteiger partial charge in [0.05, 0.1) is 6.10 Å². The number of hydrogen-bond donors (Lipinski definition) is 2. The van der Waals surface area contributed by atoms with Crippen molar-refractivity contribution in [3.05, 3.63) is 0 Å². The first kappa shape index (κ1) is 19.7. The van der Waals surface area contributed by atoms with Gasteiger partial charge in [0, 0.05) is 6.42 Å². The number of hydrogen-bond acceptors (Lipinski definition) is 2. The molecular weight excluding hydrogens is 336 g/mol. The van der Waals surface area contributed by atoms with Gasteiger partial charge in [-0.2, -0.15) is 0 Å². The van der Waals surface area contributed by atoms with Crippen molar-refractivity contribution >= 4 is 5.97 Å². The lowest BCUT2D eigenvalue weighted by molar-refractivity contribution is -0.138. The maximum atomic E-state index is 11.0. The fourth-order valence-corrected chi connectivity index (χ4v) is 8.76. The first-order valence-electron chi connectivity index (χ1n) is 11.7. The molecule has 4 saturated carbocycles. The average molecular weight is 377 g/mol. The zero-order chi connectivity index (χ0) is 19.4. The number of fused-ring (bicyclic) bond motifs is 5. The summed E-state index contributed by atoms with van der Waals surface area (Å²) in [6, 6.07) is 0. The molecule has 0 saturated heterocycles. The second-order valence-corrected chi connectivity index (χ2v) is 11.2. The van der Waals surface area contributed by atoms with Gasteiger partial charge in [0.25, 0.3) is 0 Å². The summed E-state index contributed by atoms with van der Waals surface area (Å²) in [5, 5.41) is 19.3. The van der Waals surface area contributed by atoms with Gasteiger partial charge in [0.2, 0.25) is 0 Å². The summed E-state index contributed by atoms with van der Waals surface area (Å²) in [6.07, 6.45) is 12.4. The van der Waals surface area contributed by atoms with Crippen LogP contribution in [0.15, 0.2) is 0 Å². The number of rotatable bonds is 4. The van der Waals surface area contributed by atoms with E-state index in [-0.39, 0.29) is 6.10 Å². The molecule has 3 nitrogen and oxygen atoms in total. The van der Waals surface area contributed by atoms with Gasteiger partial charge in [-0.3, -0.25) is 4.79 Å². The van der Waals surface area contributed by atoms with Gasteiger partial charge < -0.3 is 10.2 Å². The summed E-state index contributed by atoms with van der Waals surface area (Å²) in [5.41, 5.74) is 0.882. The molecule has 4 rings (SSSR count). The monoisotopic (exact) mass is 376 g/mol. The summed E-state index contributed by atoms with van der Waals surface area (Å²) in [5.74, 6) is 3.91. The summed E-state index contributed by atoms with van der Waals surface area (Å²) >= 11 is 0. The number of aliphatic hydroxyl groups excluding tert-OH is 1. The molecule has 4 aliphatic rings. The van der Waals surface area contributed by atoms with Crippen molar-refractivity contribution in [1.82, 2.24) is 0 Å². The summed E-state index contributed by atoms with van der Waals surface area (Å²) < 4.78 is 0. The van der Waals surface area contributed by atoms with Crippen LogP contribution in [0.5, 0.6) is 0 Å². The lowest BCUT2D eigenvalue weighted by atomic mass is 9.44. The molecule has 0 radical (unpaired) electrons. The lowest BCUT2D eigenvalue weighted by Crippen LogP contribution is -2.54. The minimum atomic E-state index is -0.643. The van der Waals surface area contributed by atoms with E-state index in [0.29, 0.717) is 29.1 Å². The summed E-state index contributed by atoms with van der Waals surface area (Å²) in [7, 11) is 0. The van der Waals surface area contributed by atoms with E-state index in [4.69, 9.17) is 5.11 Å². The number of aliphatic hydroxyl groups is 1. The highest BCUT2D eigenvalue weighted by Crippen LogP contribution is 2.68. The van der Waals surface area contributed by atoms with Gasteiger partial charge in [0.15, 0.2) is 0 Å². The van der Waals surface area contributed by atoms with Crippen LogP contribution in [-0.4, -0.2) is 22.3 Å². The molecule has 3 heteroatoms. The third-order valence-corrected chi connectivity index (χ3v) is 10.2. The minimum Gasteiger partial charge on any atom is -0.481 e. The Morgan fingerprint density at radius 3 is 2.44 bits per heavy atom. The van der Waals surface area contributed by atoms with Crippen molar-refractivity contribution in [3.8, 4) is 0 Å². The molecule has 9 atom stereocenters. The van der Waals surface area contributed by atoms with Crippen LogP contribution in [0.25, 0.3) is 0 Å². The highest BCUT2D eigenvalue weighted by molar-refractivity contribution is 5.66. The Morgan fingerprint density at radius 1 is 1.00 bits per heavy atom. The molecule has 0 amide bonds. The van der Waals surface area contributed by atoms with Crippen LogP contribution >= 0.6 is 0 Å². The Hall–Kier alpha value is -0.570. The predicted octanol–water partition coefficient (Wildman–Crippen LogP) is 5.51. The molecule has 0 aliphatic heterocycles. The smallest absolute Gasteiger partial charge is 0.303 e. The van der Waals surface area contributed by atoms with Crippen molar-refractivity contribution in [2.24, 2.45) is 46.3 Å². The Kier molecular flexibility index (Phi) is 5.15. The normalized spacial score (nSPS) is 50.4. The molecule has 0 aromatic carbocycles. The minimum absolute atomic E-state index is 0.0561. The van der Waals surface area contributed by atoms with Crippen molar-refractivity contribution in [2.75, 3.05) is 0 Å². The molecule has 154 valence electrons. The van der Waals surface area contributed by atoms with E-state index in [0.717, 1.165) is 42.9 Å². The van der Waals surface area contributed by atoms with E-state index in [1.165, 1.54) is 44.9 Å². The Labute approximate surface area is 165 Å². The first-order chi connectivity index (χ1) is 12.8. The fourth-order valence-electron chi connectivity index (χ4n) is 8.76. The van der Waals surface area contributed by atoms with E-state index in [1.807, 2.05) is 0 Å². The number of carboxylic acids is 1. The standard InChI is InChI=1S/C24H40O3/c1-15(4-9-22(26)27)19-7-8-20-18-6-5-16-14-17(25)10-12-23(16,2)21(18)11-13-24(19,20)3/h15-21,25H,4-14H2,1-3H3,(H,26,27)/t15?,16-,17-,18?,19?,20+,21?,23+,24-/m1/s1. The molecule has 0 aromatic heterocycles. The van der Waals surface area contributed by atoms with E-state index in [2.05, 4.69) is 20.8 Å². The molecule has 4 unspecified atom stereocenters.